The summed E-state index contributed by atoms with van der Waals surface area (Å²) >= 11 is 0. The second-order valence-corrected chi connectivity index (χ2v) is 11.6. The van der Waals surface area contributed by atoms with E-state index in [1.165, 1.54) is 65.6 Å². The Morgan fingerprint density at radius 3 is 1.38 bits per heavy atom. The second-order valence-electron chi connectivity index (χ2n) is 11.6. The minimum atomic E-state index is 1.12. The highest BCUT2D eigenvalue weighted by Crippen LogP contribution is 2.44. The van der Waals surface area contributed by atoms with Crippen LogP contribution in [0.25, 0.3) is 82.4 Å². The Kier molecular flexibility index (Phi) is 5.85. The molecule has 0 fully saturated rings. The number of aromatic nitrogens is 2. The number of rotatable bonds is 4. The Morgan fingerprint density at radius 2 is 0.822 bits per heavy atom. The molecule has 0 spiro atoms. The van der Waals surface area contributed by atoms with Gasteiger partial charge in [0.1, 0.15) is 0 Å². The van der Waals surface area contributed by atoms with E-state index >= 15 is 0 Å². The molecule has 9 aromatic rings. The predicted molar refractivity (Wildman–Crippen MR) is 190 cm³/mol. The van der Waals surface area contributed by atoms with Gasteiger partial charge in [-0.3, -0.25) is 4.98 Å². The highest BCUT2D eigenvalue weighted by Gasteiger charge is 2.18. The molecule has 2 heterocycles. The van der Waals surface area contributed by atoms with Crippen LogP contribution >= 0.6 is 0 Å². The maximum absolute atomic E-state index is 4.37. The molecule has 45 heavy (non-hydrogen) atoms. The molecule has 0 amide bonds. The van der Waals surface area contributed by atoms with E-state index in [0.717, 1.165) is 16.8 Å². The molecule has 0 saturated carbocycles. The Labute approximate surface area is 261 Å². The van der Waals surface area contributed by atoms with Crippen LogP contribution in [-0.4, -0.2) is 9.55 Å². The molecule has 0 saturated heterocycles. The molecular weight excluding hydrogens is 544 g/mol. The minimum Gasteiger partial charge on any atom is -0.309 e. The Bertz CT molecular complexity index is 2430. The van der Waals surface area contributed by atoms with Gasteiger partial charge in [0.2, 0.25) is 0 Å². The molecule has 0 aliphatic rings. The fraction of sp³-hybridized carbons (Fsp3) is 0. The van der Waals surface area contributed by atoms with Crippen LogP contribution in [0, 0.1) is 0 Å². The van der Waals surface area contributed by atoms with Crippen LogP contribution in [0.1, 0.15) is 0 Å². The van der Waals surface area contributed by atoms with Crippen molar-refractivity contribution in [3.63, 3.8) is 0 Å². The molecule has 0 atom stereocenters. The standard InChI is InChI=1S/C43H28N2/c1-3-21-38-36(19-1)42(30-13-9-12-29(26-30)32-15-11-25-44-28-32)37-20-2-4-22-39(37)43(38)31-14-10-16-33(27-31)45-40-23-7-5-17-34(40)35-18-6-8-24-41(35)45/h1-28H. The summed E-state index contributed by atoms with van der Waals surface area (Å²) in [6.07, 6.45) is 3.76. The van der Waals surface area contributed by atoms with E-state index in [9.17, 15) is 0 Å². The lowest BCUT2D eigenvalue weighted by atomic mass is 9.85. The summed E-state index contributed by atoms with van der Waals surface area (Å²) in [5.41, 5.74) is 10.8. The Balaban J connectivity index is 1.31. The number of hydrogen-bond donors (Lipinski definition) is 0. The third-order valence-corrected chi connectivity index (χ3v) is 9.05. The maximum Gasteiger partial charge on any atom is 0.0541 e. The van der Waals surface area contributed by atoms with Crippen LogP contribution in [0.15, 0.2) is 170 Å². The largest absolute Gasteiger partial charge is 0.309 e. The molecule has 0 N–H and O–H groups in total. The first-order valence-electron chi connectivity index (χ1n) is 15.4. The SMILES string of the molecule is c1cncc(-c2cccc(-c3c4ccccc4c(-c4cccc(-n5c6ccccc6c6ccccc65)c4)c4ccccc34)c2)c1. The van der Waals surface area contributed by atoms with Crippen LogP contribution in [0.5, 0.6) is 0 Å². The van der Waals surface area contributed by atoms with E-state index in [1.54, 1.807) is 0 Å². The van der Waals surface area contributed by atoms with Gasteiger partial charge in [0.15, 0.2) is 0 Å². The summed E-state index contributed by atoms with van der Waals surface area (Å²) in [5.74, 6) is 0. The van der Waals surface area contributed by atoms with E-state index in [-0.39, 0.29) is 0 Å². The maximum atomic E-state index is 4.37. The van der Waals surface area contributed by atoms with Crippen LogP contribution < -0.4 is 0 Å². The monoisotopic (exact) mass is 572 g/mol. The zero-order valence-corrected chi connectivity index (χ0v) is 24.6. The number of nitrogens with zero attached hydrogens (tertiary/aromatic N) is 2. The second kappa shape index (κ2) is 10.3. The van der Waals surface area contributed by atoms with Gasteiger partial charge in [-0.2, -0.15) is 0 Å². The van der Waals surface area contributed by atoms with Crippen molar-refractivity contribution in [2.75, 3.05) is 0 Å². The quantitative estimate of drug-likeness (QED) is 0.192. The van der Waals surface area contributed by atoms with Crippen LogP contribution in [0.4, 0.5) is 0 Å². The smallest absolute Gasteiger partial charge is 0.0541 e. The normalized spacial score (nSPS) is 11.6. The summed E-state index contributed by atoms with van der Waals surface area (Å²) in [5, 5.41) is 7.53. The zero-order valence-electron chi connectivity index (χ0n) is 24.6. The first kappa shape index (κ1) is 25.5. The van der Waals surface area contributed by atoms with Crippen molar-refractivity contribution in [1.29, 1.82) is 0 Å². The van der Waals surface area contributed by atoms with Gasteiger partial charge in [-0.15, -0.1) is 0 Å². The molecule has 0 unspecified atom stereocenters. The average molecular weight is 573 g/mol. The van der Waals surface area contributed by atoms with Crippen molar-refractivity contribution in [2.24, 2.45) is 0 Å². The van der Waals surface area contributed by atoms with Gasteiger partial charge in [-0.1, -0.05) is 121 Å². The van der Waals surface area contributed by atoms with Gasteiger partial charge >= 0.3 is 0 Å². The molecule has 0 aliphatic heterocycles. The van der Waals surface area contributed by atoms with E-state index in [1.807, 2.05) is 18.5 Å². The molecule has 0 aliphatic carbocycles. The van der Waals surface area contributed by atoms with E-state index < -0.39 is 0 Å². The van der Waals surface area contributed by atoms with Gasteiger partial charge in [0.25, 0.3) is 0 Å². The van der Waals surface area contributed by atoms with E-state index in [0.29, 0.717) is 0 Å². The van der Waals surface area contributed by atoms with Gasteiger partial charge in [-0.25, -0.2) is 0 Å². The Morgan fingerprint density at radius 1 is 0.356 bits per heavy atom. The molecule has 2 nitrogen and oxygen atoms in total. The lowest BCUT2D eigenvalue weighted by molar-refractivity contribution is 1.18. The summed E-state index contributed by atoms with van der Waals surface area (Å²) in [4.78, 5) is 4.37. The molecule has 9 rings (SSSR count). The minimum absolute atomic E-state index is 1.12. The molecule has 2 heteroatoms. The third-order valence-electron chi connectivity index (χ3n) is 9.05. The molecule has 7 aromatic carbocycles. The number of para-hydroxylation sites is 2. The Hall–Kier alpha value is -5.99. The summed E-state index contributed by atoms with van der Waals surface area (Å²) in [6, 6.07) is 57.1. The topological polar surface area (TPSA) is 17.8 Å². The summed E-state index contributed by atoms with van der Waals surface area (Å²) in [7, 11) is 0. The van der Waals surface area contributed by atoms with Crippen molar-refractivity contribution >= 4 is 43.4 Å². The van der Waals surface area contributed by atoms with Gasteiger partial charge in [0, 0.05) is 34.4 Å². The molecule has 210 valence electrons. The number of hydrogen-bond acceptors (Lipinski definition) is 1. The fourth-order valence-corrected chi connectivity index (χ4v) is 7.14. The highest BCUT2D eigenvalue weighted by molar-refractivity contribution is 6.21. The average Bonchev–Trinajstić information content (AvgIpc) is 3.45. The number of benzene rings is 7. The van der Waals surface area contributed by atoms with Crippen molar-refractivity contribution in [2.45, 2.75) is 0 Å². The van der Waals surface area contributed by atoms with Crippen molar-refractivity contribution in [3.8, 4) is 39.1 Å². The van der Waals surface area contributed by atoms with Gasteiger partial charge in [0.05, 0.1) is 11.0 Å². The lowest BCUT2D eigenvalue weighted by Crippen LogP contribution is -1.95. The summed E-state index contributed by atoms with van der Waals surface area (Å²) in [6.45, 7) is 0. The van der Waals surface area contributed by atoms with Crippen molar-refractivity contribution in [1.82, 2.24) is 9.55 Å². The third kappa shape index (κ3) is 4.07. The zero-order chi connectivity index (χ0) is 29.7. The first-order chi connectivity index (χ1) is 22.3. The first-order valence-corrected chi connectivity index (χ1v) is 15.4. The lowest BCUT2D eigenvalue weighted by Gasteiger charge is -2.19. The molecule has 2 aromatic heterocycles. The van der Waals surface area contributed by atoms with Crippen LogP contribution in [-0.2, 0) is 0 Å². The highest BCUT2D eigenvalue weighted by atomic mass is 15.0. The number of pyridine rings is 1. The summed E-state index contributed by atoms with van der Waals surface area (Å²) < 4.78 is 2.40. The number of fused-ring (bicyclic) bond motifs is 5. The molecular formula is C43H28N2. The fourth-order valence-electron chi connectivity index (χ4n) is 7.14. The van der Waals surface area contributed by atoms with Gasteiger partial charge in [-0.05, 0) is 85.8 Å². The van der Waals surface area contributed by atoms with Gasteiger partial charge < -0.3 is 4.57 Å². The van der Waals surface area contributed by atoms with Crippen LogP contribution in [0.3, 0.4) is 0 Å². The molecule has 0 bridgehead atoms. The molecule has 0 radical (unpaired) electrons. The predicted octanol–water partition coefficient (Wildman–Crippen LogP) is 11.5. The van der Waals surface area contributed by atoms with E-state index in [4.69, 9.17) is 0 Å². The van der Waals surface area contributed by atoms with Crippen molar-refractivity contribution < 1.29 is 0 Å². The van der Waals surface area contributed by atoms with Crippen molar-refractivity contribution in [3.05, 3.63) is 170 Å². The van der Waals surface area contributed by atoms with Crippen LogP contribution in [0.2, 0.25) is 0 Å². The van der Waals surface area contributed by atoms with E-state index in [2.05, 4.69) is 161 Å².